The van der Waals surface area contributed by atoms with Crippen molar-refractivity contribution in [1.29, 1.82) is 0 Å². The fourth-order valence-electron chi connectivity index (χ4n) is 1.60. The van der Waals surface area contributed by atoms with Crippen LogP contribution in [-0.4, -0.2) is 31.1 Å². The molecule has 0 fully saturated rings. The van der Waals surface area contributed by atoms with E-state index < -0.39 is 15.7 Å². The monoisotopic (exact) mass is 348 g/mol. The fraction of sp³-hybridized carbons (Fsp3) is 0.538. The van der Waals surface area contributed by atoms with Crippen LogP contribution in [-0.2, 0) is 15.7 Å². The van der Waals surface area contributed by atoms with Gasteiger partial charge >= 0.3 is 0 Å². The van der Waals surface area contributed by atoms with Crippen LogP contribution in [0.1, 0.15) is 26.3 Å². The second-order valence-electron chi connectivity index (χ2n) is 5.05. The van der Waals surface area contributed by atoms with E-state index in [0.29, 0.717) is 5.33 Å². The Morgan fingerprint density at radius 2 is 1.84 bits per heavy atom. The highest BCUT2D eigenvalue weighted by Gasteiger charge is 2.33. The first-order chi connectivity index (χ1) is 8.73. The molecule has 1 unspecified atom stereocenters. The molecule has 0 bridgehead atoms. The van der Waals surface area contributed by atoms with Crippen molar-refractivity contribution in [2.24, 2.45) is 0 Å². The summed E-state index contributed by atoms with van der Waals surface area (Å²) in [4.78, 5) is 0. The van der Waals surface area contributed by atoms with Crippen LogP contribution in [0, 0.1) is 0 Å². The van der Waals surface area contributed by atoms with Crippen LogP contribution in [0.5, 0.6) is 0 Å². The van der Waals surface area contributed by atoms with Crippen molar-refractivity contribution in [2.75, 3.05) is 12.4 Å². The van der Waals surface area contributed by atoms with Crippen LogP contribution in [0.15, 0.2) is 30.3 Å². The molecule has 0 aliphatic carbocycles. The number of nitrogens with zero attached hydrogens (tertiary/aromatic N) is 1. The van der Waals surface area contributed by atoms with E-state index in [2.05, 4.69) is 20.7 Å². The summed E-state index contributed by atoms with van der Waals surface area (Å²) in [7, 11) is -1.95. The van der Waals surface area contributed by atoms with Crippen molar-refractivity contribution < 1.29 is 8.42 Å². The lowest BCUT2D eigenvalue weighted by Gasteiger charge is -2.32. The van der Waals surface area contributed by atoms with Gasteiger partial charge in [0.1, 0.15) is 0 Å². The van der Waals surface area contributed by atoms with E-state index in [9.17, 15) is 8.42 Å². The molecule has 1 aromatic carbocycles. The van der Waals surface area contributed by atoms with Gasteiger partial charge in [-0.2, -0.15) is 17.4 Å². The van der Waals surface area contributed by atoms with Crippen LogP contribution in [0.3, 0.4) is 0 Å². The molecular weight excluding hydrogens is 328 g/mol. The molecule has 1 rings (SSSR count). The quantitative estimate of drug-likeness (QED) is 0.802. The lowest BCUT2D eigenvalue weighted by atomic mass is 9.96. The number of alkyl halides is 1. The summed E-state index contributed by atoms with van der Waals surface area (Å²) in [5, 5.41) is 0.495. The lowest BCUT2D eigenvalue weighted by molar-refractivity contribution is 0.381. The van der Waals surface area contributed by atoms with Crippen LogP contribution in [0.4, 0.5) is 0 Å². The van der Waals surface area contributed by atoms with E-state index in [1.54, 1.807) is 7.05 Å². The number of rotatable bonds is 6. The van der Waals surface area contributed by atoms with E-state index in [0.717, 1.165) is 5.56 Å². The summed E-state index contributed by atoms with van der Waals surface area (Å²) < 4.78 is 28.7. The summed E-state index contributed by atoms with van der Waals surface area (Å²) in [5.74, 6) is 0. The van der Waals surface area contributed by atoms with Gasteiger partial charge in [0.15, 0.2) is 0 Å². The molecule has 0 radical (unpaired) electrons. The van der Waals surface area contributed by atoms with E-state index in [4.69, 9.17) is 0 Å². The summed E-state index contributed by atoms with van der Waals surface area (Å²) in [6.07, 6.45) is 0. The topological polar surface area (TPSA) is 49.4 Å². The minimum absolute atomic E-state index is 0.0900. The molecule has 4 nitrogen and oxygen atoms in total. The average molecular weight is 349 g/mol. The summed E-state index contributed by atoms with van der Waals surface area (Å²) in [5.41, 5.74) is 0.246. The van der Waals surface area contributed by atoms with Gasteiger partial charge in [-0.15, -0.1) is 0 Å². The molecule has 0 amide bonds. The molecule has 19 heavy (non-hydrogen) atoms. The van der Waals surface area contributed by atoms with Crippen molar-refractivity contribution in [3.8, 4) is 0 Å². The molecule has 0 aliphatic heterocycles. The Hall–Kier alpha value is -0.430. The predicted molar refractivity (Wildman–Crippen MR) is 82.5 cm³/mol. The number of benzene rings is 1. The first-order valence-electron chi connectivity index (χ1n) is 6.11. The zero-order valence-corrected chi connectivity index (χ0v) is 14.1. The smallest absolute Gasteiger partial charge is 0.195 e. The Labute approximate surface area is 124 Å². The summed E-state index contributed by atoms with van der Waals surface area (Å²) in [6.45, 7) is 5.54. The fourth-order valence-corrected chi connectivity index (χ4v) is 3.71. The lowest BCUT2D eigenvalue weighted by Crippen LogP contribution is -2.51. The van der Waals surface area contributed by atoms with Crippen LogP contribution < -0.4 is 4.72 Å². The third-order valence-corrected chi connectivity index (χ3v) is 6.15. The summed E-state index contributed by atoms with van der Waals surface area (Å²) in [6, 6.07) is 9.45. The van der Waals surface area contributed by atoms with Gasteiger partial charge < -0.3 is 0 Å². The maximum atomic E-state index is 12.3. The summed E-state index contributed by atoms with van der Waals surface area (Å²) >= 11 is 3.40. The third kappa shape index (κ3) is 4.02. The standard InChI is InChI=1S/C13H21BrN2O2S/c1-11(2)16(4)19(17,18)15-13(3,10-14)12-8-6-5-7-9-12/h5-9,11,15H,10H2,1-4H3. The van der Waals surface area contributed by atoms with Crippen molar-refractivity contribution in [2.45, 2.75) is 32.4 Å². The predicted octanol–water partition coefficient (Wildman–Crippen LogP) is 2.47. The molecule has 1 atom stereocenters. The van der Waals surface area contributed by atoms with E-state index in [1.807, 2.05) is 51.1 Å². The van der Waals surface area contributed by atoms with E-state index in [-0.39, 0.29) is 6.04 Å². The highest BCUT2D eigenvalue weighted by atomic mass is 79.9. The third-order valence-electron chi connectivity index (χ3n) is 3.14. The van der Waals surface area contributed by atoms with Gasteiger partial charge in [0, 0.05) is 18.4 Å². The average Bonchev–Trinajstić information content (AvgIpc) is 2.38. The minimum Gasteiger partial charge on any atom is -0.195 e. The van der Waals surface area contributed by atoms with Crippen molar-refractivity contribution in [3.05, 3.63) is 35.9 Å². The number of hydrogen-bond acceptors (Lipinski definition) is 2. The molecule has 0 heterocycles. The van der Waals surface area contributed by atoms with E-state index in [1.165, 1.54) is 4.31 Å². The second kappa shape index (κ2) is 6.35. The first kappa shape index (κ1) is 16.6. The van der Waals surface area contributed by atoms with Gasteiger partial charge in [-0.1, -0.05) is 46.3 Å². The Balaban J connectivity index is 3.07. The second-order valence-corrected chi connectivity index (χ2v) is 7.34. The Kier molecular flexibility index (Phi) is 5.55. The Bertz CT molecular complexity index is 505. The molecule has 1 N–H and O–H groups in total. The largest absolute Gasteiger partial charge is 0.280 e. The molecule has 1 aromatic rings. The highest BCUT2D eigenvalue weighted by molar-refractivity contribution is 9.09. The zero-order valence-electron chi connectivity index (χ0n) is 11.7. The van der Waals surface area contributed by atoms with Gasteiger partial charge in [0.2, 0.25) is 0 Å². The molecule has 0 saturated carbocycles. The minimum atomic E-state index is -3.52. The normalized spacial score (nSPS) is 15.7. The molecule has 0 aromatic heterocycles. The van der Waals surface area contributed by atoms with Crippen LogP contribution >= 0.6 is 15.9 Å². The maximum absolute atomic E-state index is 12.3. The molecule has 6 heteroatoms. The van der Waals surface area contributed by atoms with Gasteiger partial charge in [-0.25, -0.2) is 0 Å². The van der Waals surface area contributed by atoms with Gasteiger partial charge in [0.25, 0.3) is 10.2 Å². The van der Waals surface area contributed by atoms with Crippen molar-refractivity contribution >= 4 is 26.1 Å². The molecule has 108 valence electrons. The molecule has 0 spiro atoms. The first-order valence-corrected chi connectivity index (χ1v) is 8.67. The van der Waals surface area contributed by atoms with Gasteiger partial charge in [-0.05, 0) is 26.3 Å². The SMILES string of the molecule is CC(C)N(C)S(=O)(=O)NC(C)(CBr)c1ccccc1. The maximum Gasteiger partial charge on any atom is 0.280 e. The number of nitrogens with one attached hydrogen (secondary N) is 1. The van der Waals surface area contributed by atoms with Gasteiger partial charge in [-0.3, -0.25) is 0 Å². The zero-order chi connectivity index (χ0) is 14.7. The number of hydrogen-bond donors (Lipinski definition) is 1. The Morgan fingerprint density at radius 1 is 1.32 bits per heavy atom. The molecule has 0 aliphatic rings. The van der Waals surface area contributed by atoms with Crippen LogP contribution in [0.2, 0.25) is 0 Å². The van der Waals surface area contributed by atoms with Crippen molar-refractivity contribution in [3.63, 3.8) is 0 Å². The number of halogens is 1. The molecule has 0 saturated heterocycles. The Morgan fingerprint density at radius 3 is 2.26 bits per heavy atom. The van der Waals surface area contributed by atoms with Crippen molar-refractivity contribution in [1.82, 2.24) is 9.03 Å². The highest BCUT2D eigenvalue weighted by Crippen LogP contribution is 2.24. The van der Waals surface area contributed by atoms with Crippen LogP contribution in [0.25, 0.3) is 0 Å². The van der Waals surface area contributed by atoms with Gasteiger partial charge in [0.05, 0.1) is 5.54 Å². The van der Waals surface area contributed by atoms with E-state index >= 15 is 0 Å². The molecular formula is C13H21BrN2O2S.